The van der Waals surface area contributed by atoms with E-state index in [9.17, 15) is 4.79 Å². The molecule has 0 aliphatic rings. The Labute approximate surface area is 213 Å². The van der Waals surface area contributed by atoms with E-state index in [2.05, 4.69) is 33.0 Å². The molecule has 11 heteroatoms. The Hall–Kier alpha value is -4.80. The Morgan fingerprint density at radius 2 is 1.84 bits per heavy atom. The second-order valence-corrected chi connectivity index (χ2v) is 8.61. The summed E-state index contributed by atoms with van der Waals surface area (Å²) in [4.78, 5) is 20.9. The van der Waals surface area contributed by atoms with Gasteiger partial charge in [-0.25, -0.2) is 14.6 Å². The van der Waals surface area contributed by atoms with Gasteiger partial charge in [-0.2, -0.15) is 5.10 Å². The third kappa shape index (κ3) is 4.46. The molecule has 190 valence electrons. The first kappa shape index (κ1) is 23.9. The summed E-state index contributed by atoms with van der Waals surface area (Å²) in [5, 5.41) is 7.97. The lowest BCUT2D eigenvalue weighted by atomic mass is 10.1. The number of ether oxygens (including phenoxy) is 1. The van der Waals surface area contributed by atoms with E-state index >= 15 is 0 Å². The molecular weight excluding hydrogens is 470 g/mol. The quantitative estimate of drug-likeness (QED) is 0.263. The van der Waals surface area contributed by atoms with E-state index in [-0.39, 0.29) is 0 Å². The number of para-hydroxylation sites is 2. The molecule has 11 nitrogen and oxygen atoms in total. The molecule has 1 amide bonds. The molecule has 0 bridgehead atoms. The number of nitrogen functional groups attached to an aromatic ring is 1. The van der Waals surface area contributed by atoms with Crippen molar-refractivity contribution in [1.29, 1.82) is 0 Å². The third-order valence-electron chi connectivity index (χ3n) is 6.18. The number of aromatic nitrogens is 6. The van der Waals surface area contributed by atoms with Crippen LogP contribution in [0.5, 0.6) is 5.75 Å². The molecule has 0 aliphatic heterocycles. The van der Waals surface area contributed by atoms with Crippen molar-refractivity contribution in [2.75, 3.05) is 18.2 Å². The minimum Gasteiger partial charge on any atom is -0.494 e. The summed E-state index contributed by atoms with van der Waals surface area (Å²) in [7, 11) is 1.54. The van der Waals surface area contributed by atoms with Crippen LogP contribution in [0.3, 0.4) is 0 Å². The summed E-state index contributed by atoms with van der Waals surface area (Å²) in [6.07, 6.45) is 4.06. The number of imidazole rings is 2. The maximum absolute atomic E-state index is 11.7. The first-order chi connectivity index (χ1) is 17.9. The number of nitrogens with zero attached hydrogens (tertiary/aromatic N) is 6. The number of hydrogen-bond donors (Lipinski definition) is 3. The largest absolute Gasteiger partial charge is 0.494 e. The van der Waals surface area contributed by atoms with Crippen molar-refractivity contribution in [1.82, 2.24) is 28.9 Å². The summed E-state index contributed by atoms with van der Waals surface area (Å²) < 4.78 is 11.4. The Kier molecular flexibility index (Phi) is 6.26. The number of nitrogens with two attached hydrogens (primary N) is 2. The fraction of sp³-hybridized carbons (Fsp3) is 0.231. The van der Waals surface area contributed by atoms with Crippen molar-refractivity contribution in [2.24, 2.45) is 5.73 Å². The zero-order valence-electron chi connectivity index (χ0n) is 21.0. The van der Waals surface area contributed by atoms with Crippen LogP contribution in [-0.2, 0) is 19.6 Å². The van der Waals surface area contributed by atoms with Gasteiger partial charge in [0.2, 0.25) is 17.8 Å². The number of anilines is 3. The van der Waals surface area contributed by atoms with Crippen LogP contribution in [0.4, 0.5) is 17.7 Å². The van der Waals surface area contributed by atoms with Crippen molar-refractivity contribution in [2.45, 2.75) is 33.5 Å². The summed E-state index contributed by atoms with van der Waals surface area (Å²) >= 11 is 0. The number of amides is 1. The lowest BCUT2D eigenvalue weighted by molar-refractivity contribution is 0.1000. The molecule has 0 radical (unpaired) electrons. The number of methoxy groups -OCH3 is 1. The highest BCUT2D eigenvalue weighted by atomic mass is 16.5. The number of carbonyl (C=O) groups is 1. The van der Waals surface area contributed by atoms with Gasteiger partial charge in [0, 0.05) is 31.3 Å². The molecule has 2 aromatic carbocycles. The Bertz CT molecular complexity index is 1640. The van der Waals surface area contributed by atoms with Crippen LogP contribution in [0.1, 0.15) is 23.0 Å². The topological polar surface area (TPSA) is 144 Å². The minimum atomic E-state index is -0.553. The number of benzene rings is 2. The molecule has 5 N–H and O–H groups in total. The second kappa shape index (κ2) is 9.69. The van der Waals surface area contributed by atoms with Gasteiger partial charge in [-0.1, -0.05) is 24.3 Å². The van der Waals surface area contributed by atoms with Gasteiger partial charge in [0.15, 0.2) is 0 Å². The lowest BCUT2D eigenvalue weighted by Crippen LogP contribution is -2.11. The number of aryl methyl sites for hydroxylation is 2. The van der Waals surface area contributed by atoms with Gasteiger partial charge in [-0.15, -0.1) is 0 Å². The second-order valence-electron chi connectivity index (χ2n) is 8.61. The predicted octanol–water partition coefficient (Wildman–Crippen LogP) is 3.60. The normalized spacial score (nSPS) is 11.6. The molecule has 5 aromatic rings. The van der Waals surface area contributed by atoms with Crippen molar-refractivity contribution < 1.29 is 9.53 Å². The highest BCUT2D eigenvalue weighted by molar-refractivity contribution is 5.98. The van der Waals surface area contributed by atoms with Crippen molar-refractivity contribution in [3.63, 3.8) is 0 Å². The summed E-state index contributed by atoms with van der Waals surface area (Å²) in [6.45, 7) is 5.82. The molecule has 37 heavy (non-hydrogen) atoms. The van der Waals surface area contributed by atoms with Crippen molar-refractivity contribution in [3.8, 4) is 5.75 Å². The molecule has 5 rings (SSSR count). The number of rotatable bonds is 9. The van der Waals surface area contributed by atoms with Crippen LogP contribution in [0, 0.1) is 6.92 Å². The minimum absolute atomic E-state index is 0.316. The SMILES string of the molecule is CCn1nc(C)cc1Nc1nc2ccccc2n1C/C=C/Cn1c(N)nc2cc(C(N)=O)cc(OC)c21. The fourth-order valence-corrected chi connectivity index (χ4v) is 4.45. The standard InChI is InChI=1S/C26H29N9O2/c1-4-35-22(13-16(2)32-35)31-26-30-18-9-5-6-10-20(18)33(26)11-7-8-12-34-23-19(29-25(34)28)14-17(24(27)36)15-21(23)37-3/h5-10,13-15H,4,11-12H2,1-3H3,(H2,27,36)(H2,28,29)(H,30,31)/b8-7+. The molecule has 0 saturated carbocycles. The number of primary amides is 1. The van der Waals surface area contributed by atoms with Crippen molar-refractivity contribution >= 4 is 45.7 Å². The highest BCUT2D eigenvalue weighted by Crippen LogP contribution is 2.30. The van der Waals surface area contributed by atoms with Gasteiger partial charge in [0.1, 0.15) is 17.1 Å². The molecule has 3 heterocycles. The Balaban J connectivity index is 1.43. The maximum Gasteiger partial charge on any atom is 0.248 e. The van der Waals surface area contributed by atoms with Gasteiger partial charge in [-0.05, 0) is 38.1 Å². The summed E-state index contributed by atoms with van der Waals surface area (Å²) in [6, 6.07) is 13.2. The molecule has 0 saturated heterocycles. The third-order valence-corrected chi connectivity index (χ3v) is 6.18. The predicted molar refractivity (Wildman–Crippen MR) is 144 cm³/mol. The fourth-order valence-electron chi connectivity index (χ4n) is 4.45. The zero-order chi connectivity index (χ0) is 26.1. The monoisotopic (exact) mass is 499 g/mol. The Morgan fingerprint density at radius 3 is 2.57 bits per heavy atom. The average Bonchev–Trinajstić information content (AvgIpc) is 3.53. The smallest absolute Gasteiger partial charge is 0.248 e. The molecule has 0 unspecified atom stereocenters. The van der Waals surface area contributed by atoms with Crippen LogP contribution in [0.2, 0.25) is 0 Å². The highest BCUT2D eigenvalue weighted by Gasteiger charge is 2.16. The van der Waals surface area contributed by atoms with Gasteiger partial charge in [0.05, 0.1) is 29.4 Å². The van der Waals surface area contributed by atoms with E-state index in [0.717, 1.165) is 35.0 Å². The Morgan fingerprint density at radius 1 is 1.08 bits per heavy atom. The van der Waals surface area contributed by atoms with E-state index in [1.54, 1.807) is 12.1 Å². The van der Waals surface area contributed by atoms with Crippen molar-refractivity contribution in [3.05, 3.63) is 65.9 Å². The van der Waals surface area contributed by atoms with E-state index in [4.69, 9.17) is 21.2 Å². The van der Waals surface area contributed by atoms with Gasteiger partial charge >= 0.3 is 0 Å². The van der Waals surface area contributed by atoms with E-state index in [1.807, 2.05) is 52.6 Å². The first-order valence-corrected chi connectivity index (χ1v) is 11.9. The average molecular weight is 500 g/mol. The van der Waals surface area contributed by atoms with Gasteiger partial charge in [0.25, 0.3) is 0 Å². The van der Waals surface area contributed by atoms with E-state index in [0.29, 0.717) is 41.4 Å². The lowest BCUT2D eigenvalue weighted by Gasteiger charge is -2.10. The molecule has 0 atom stereocenters. The van der Waals surface area contributed by atoms with Crippen LogP contribution in [-0.4, -0.2) is 41.9 Å². The van der Waals surface area contributed by atoms with Crippen LogP contribution >= 0.6 is 0 Å². The first-order valence-electron chi connectivity index (χ1n) is 11.9. The van der Waals surface area contributed by atoms with Crippen LogP contribution < -0.4 is 21.5 Å². The molecular formula is C26H29N9O2. The zero-order valence-corrected chi connectivity index (χ0v) is 21.0. The molecule has 3 aromatic heterocycles. The van der Waals surface area contributed by atoms with Gasteiger partial charge in [-0.3, -0.25) is 4.79 Å². The van der Waals surface area contributed by atoms with E-state index in [1.165, 1.54) is 7.11 Å². The van der Waals surface area contributed by atoms with Gasteiger partial charge < -0.3 is 30.7 Å². The number of carbonyl (C=O) groups excluding carboxylic acids is 1. The van der Waals surface area contributed by atoms with Crippen LogP contribution in [0.25, 0.3) is 22.1 Å². The maximum atomic E-state index is 11.7. The molecule has 0 spiro atoms. The van der Waals surface area contributed by atoms with E-state index < -0.39 is 5.91 Å². The summed E-state index contributed by atoms with van der Waals surface area (Å²) in [5.74, 6) is 1.87. The number of hydrogen-bond acceptors (Lipinski definition) is 7. The number of allylic oxidation sites excluding steroid dienone is 2. The molecule has 0 fully saturated rings. The summed E-state index contributed by atoms with van der Waals surface area (Å²) in [5.41, 5.74) is 16.1. The number of nitrogens with one attached hydrogen (secondary N) is 1. The molecule has 0 aliphatic carbocycles. The number of fused-ring (bicyclic) bond motifs is 2. The van der Waals surface area contributed by atoms with Crippen LogP contribution in [0.15, 0.2) is 54.6 Å².